The molecular formula is C17H22N4O3. The van der Waals surface area contributed by atoms with Crippen LogP contribution in [0.5, 0.6) is 11.5 Å². The molecule has 0 radical (unpaired) electrons. The molecule has 7 heteroatoms. The van der Waals surface area contributed by atoms with E-state index in [4.69, 9.17) is 9.47 Å². The molecule has 2 amide bonds. The number of carbonyl (C=O) groups excluding carboxylic acids is 1. The van der Waals surface area contributed by atoms with Gasteiger partial charge in [0, 0.05) is 30.3 Å². The zero-order valence-corrected chi connectivity index (χ0v) is 13.9. The van der Waals surface area contributed by atoms with Crippen molar-refractivity contribution in [3.8, 4) is 11.5 Å². The number of urea groups is 1. The van der Waals surface area contributed by atoms with Crippen LogP contribution in [0.1, 0.15) is 30.7 Å². The van der Waals surface area contributed by atoms with Crippen LogP contribution in [0.2, 0.25) is 0 Å². The van der Waals surface area contributed by atoms with Crippen molar-refractivity contribution in [1.82, 2.24) is 20.8 Å². The fourth-order valence-electron chi connectivity index (χ4n) is 2.71. The number of hydrogen-bond acceptors (Lipinski definition) is 4. The predicted molar refractivity (Wildman–Crippen MR) is 89.1 cm³/mol. The molecule has 0 bridgehead atoms. The summed E-state index contributed by atoms with van der Waals surface area (Å²) in [5.74, 6) is 1.67. The van der Waals surface area contributed by atoms with Gasteiger partial charge >= 0.3 is 6.03 Å². The summed E-state index contributed by atoms with van der Waals surface area (Å²) in [7, 11) is 0. The summed E-state index contributed by atoms with van der Waals surface area (Å²) in [4.78, 5) is 11.9. The number of rotatable bonds is 6. The minimum absolute atomic E-state index is 0.176. The highest BCUT2D eigenvalue weighted by Gasteiger charge is 2.22. The third-order valence-corrected chi connectivity index (χ3v) is 3.82. The highest BCUT2D eigenvalue weighted by atomic mass is 16.5. The standard InChI is InChI=1S/C17H22N4O3/c1-3-23-15-7-12-6-11(2)24-16(12)8-13(15)9-18-17(22)19-10-14-4-5-20-21-14/h4-5,7-8,11H,3,6,9-10H2,1-2H3,(H,20,21)(H2,18,19,22)/t11-/m0/s1. The topological polar surface area (TPSA) is 88.3 Å². The zero-order chi connectivity index (χ0) is 16.9. The van der Waals surface area contributed by atoms with E-state index in [1.807, 2.05) is 32.0 Å². The van der Waals surface area contributed by atoms with E-state index in [1.165, 1.54) is 0 Å². The van der Waals surface area contributed by atoms with Crippen LogP contribution in [0.4, 0.5) is 4.79 Å². The second-order valence-electron chi connectivity index (χ2n) is 5.75. The van der Waals surface area contributed by atoms with E-state index in [0.29, 0.717) is 19.7 Å². The van der Waals surface area contributed by atoms with Gasteiger partial charge in [0.15, 0.2) is 0 Å². The summed E-state index contributed by atoms with van der Waals surface area (Å²) in [6, 6.07) is 5.54. The monoisotopic (exact) mass is 330 g/mol. The minimum atomic E-state index is -0.248. The average Bonchev–Trinajstić information content (AvgIpc) is 3.19. The molecule has 128 valence electrons. The number of fused-ring (bicyclic) bond motifs is 1. The number of amides is 2. The van der Waals surface area contributed by atoms with E-state index in [1.54, 1.807) is 6.20 Å². The Morgan fingerprint density at radius 3 is 3.00 bits per heavy atom. The summed E-state index contributed by atoms with van der Waals surface area (Å²) in [5.41, 5.74) is 2.90. The number of nitrogens with one attached hydrogen (secondary N) is 3. The van der Waals surface area contributed by atoms with Crippen molar-refractivity contribution in [3.05, 3.63) is 41.2 Å². The van der Waals surface area contributed by atoms with Gasteiger partial charge in [0.25, 0.3) is 0 Å². The summed E-state index contributed by atoms with van der Waals surface area (Å²) >= 11 is 0. The molecule has 1 aliphatic rings. The van der Waals surface area contributed by atoms with E-state index >= 15 is 0 Å². The molecule has 0 saturated heterocycles. The van der Waals surface area contributed by atoms with Crippen LogP contribution in [0.25, 0.3) is 0 Å². The van der Waals surface area contributed by atoms with Crippen molar-refractivity contribution in [2.75, 3.05) is 6.61 Å². The summed E-state index contributed by atoms with van der Waals surface area (Å²) in [5, 5.41) is 12.2. The van der Waals surface area contributed by atoms with Gasteiger partial charge < -0.3 is 20.1 Å². The van der Waals surface area contributed by atoms with Crippen LogP contribution in [-0.2, 0) is 19.5 Å². The number of aromatic nitrogens is 2. The third-order valence-electron chi connectivity index (χ3n) is 3.82. The Morgan fingerprint density at radius 1 is 1.42 bits per heavy atom. The lowest BCUT2D eigenvalue weighted by atomic mass is 10.1. The molecule has 1 aromatic carbocycles. The highest BCUT2D eigenvalue weighted by molar-refractivity contribution is 5.73. The lowest BCUT2D eigenvalue weighted by Crippen LogP contribution is -2.34. The first kappa shape index (κ1) is 16.2. The highest BCUT2D eigenvalue weighted by Crippen LogP contribution is 2.35. The minimum Gasteiger partial charge on any atom is -0.494 e. The van der Waals surface area contributed by atoms with Crippen LogP contribution < -0.4 is 20.1 Å². The molecule has 1 aromatic heterocycles. The van der Waals surface area contributed by atoms with Gasteiger partial charge in [-0.3, -0.25) is 5.10 Å². The van der Waals surface area contributed by atoms with E-state index in [0.717, 1.165) is 34.7 Å². The van der Waals surface area contributed by atoms with Crippen LogP contribution >= 0.6 is 0 Å². The molecule has 0 unspecified atom stereocenters. The second kappa shape index (κ2) is 7.25. The molecule has 3 rings (SSSR count). The van der Waals surface area contributed by atoms with E-state index in [9.17, 15) is 4.79 Å². The fourth-order valence-corrected chi connectivity index (χ4v) is 2.71. The van der Waals surface area contributed by atoms with E-state index < -0.39 is 0 Å². The maximum absolute atomic E-state index is 11.9. The molecule has 2 heterocycles. The fraction of sp³-hybridized carbons (Fsp3) is 0.412. The third kappa shape index (κ3) is 3.79. The number of ether oxygens (including phenoxy) is 2. The van der Waals surface area contributed by atoms with E-state index in [-0.39, 0.29) is 12.1 Å². The predicted octanol–water partition coefficient (Wildman–Crippen LogP) is 2.13. The normalized spacial score (nSPS) is 15.5. The van der Waals surface area contributed by atoms with Gasteiger partial charge in [0.05, 0.1) is 18.8 Å². The van der Waals surface area contributed by atoms with Gasteiger partial charge in [-0.2, -0.15) is 5.10 Å². The van der Waals surface area contributed by atoms with Crippen molar-refractivity contribution in [3.63, 3.8) is 0 Å². The molecule has 24 heavy (non-hydrogen) atoms. The molecule has 7 nitrogen and oxygen atoms in total. The van der Waals surface area contributed by atoms with E-state index in [2.05, 4.69) is 20.8 Å². The maximum Gasteiger partial charge on any atom is 0.315 e. The molecule has 0 aliphatic carbocycles. The Labute approximate surface area is 140 Å². The Balaban J connectivity index is 1.61. The van der Waals surface area contributed by atoms with Crippen molar-refractivity contribution >= 4 is 6.03 Å². The Morgan fingerprint density at radius 2 is 2.25 bits per heavy atom. The van der Waals surface area contributed by atoms with Gasteiger partial charge in [-0.25, -0.2) is 4.79 Å². The molecule has 1 aliphatic heterocycles. The first-order valence-electron chi connectivity index (χ1n) is 8.11. The molecule has 0 saturated carbocycles. The zero-order valence-electron chi connectivity index (χ0n) is 13.9. The van der Waals surface area contributed by atoms with Gasteiger partial charge in [-0.1, -0.05) is 0 Å². The first-order chi connectivity index (χ1) is 11.7. The number of hydrogen-bond donors (Lipinski definition) is 3. The number of aromatic amines is 1. The van der Waals surface area contributed by atoms with Crippen LogP contribution in [0.3, 0.4) is 0 Å². The lowest BCUT2D eigenvalue weighted by molar-refractivity contribution is 0.239. The molecule has 3 N–H and O–H groups in total. The Hall–Kier alpha value is -2.70. The Kier molecular flexibility index (Phi) is 4.88. The SMILES string of the molecule is CCOc1cc2c(cc1CNC(=O)NCc1ccn[nH]1)O[C@@H](C)C2. The van der Waals surface area contributed by atoms with Crippen LogP contribution in [0.15, 0.2) is 24.4 Å². The molecule has 2 aromatic rings. The smallest absolute Gasteiger partial charge is 0.315 e. The summed E-state index contributed by atoms with van der Waals surface area (Å²) in [6.45, 7) is 5.33. The summed E-state index contributed by atoms with van der Waals surface area (Å²) in [6.07, 6.45) is 2.71. The van der Waals surface area contributed by atoms with Crippen molar-refractivity contribution in [1.29, 1.82) is 0 Å². The average molecular weight is 330 g/mol. The maximum atomic E-state index is 11.9. The van der Waals surface area contributed by atoms with Gasteiger partial charge in [0.1, 0.15) is 17.6 Å². The number of carbonyl (C=O) groups is 1. The largest absolute Gasteiger partial charge is 0.494 e. The van der Waals surface area contributed by atoms with Crippen LogP contribution in [0, 0.1) is 0 Å². The van der Waals surface area contributed by atoms with Crippen molar-refractivity contribution in [2.45, 2.75) is 39.5 Å². The quantitative estimate of drug-likeness (QED) is 0.757. The Bertz CT molecular complexity index is 700. The molecular weight excluding hydrogens is 308 g/mol. The van der Waals surface area contributed by atoms with Crippen molar-refractivity contribution in [2.24, 2.45) is 0 Å². The number of nitrogens with zero attached hydrogens (tertiary/aromatic N) is 1. The molecule has 1 atom stereocenters. The van der Waals surface area contributed by atoms with Crippen LogP contribution in [-0.4, -0.2) is 28.9 Å². The summed E-state index contributed by atoms with van der Waals surface area (Å²) < 4.78 is 11.5. The first-order valence-corrected chi connectivity index (χ1v) is 8.11. The van der Waals surface area contributed by atoms with Crippen molar-refractivity contribution < 1.29 is 14.3 Å². The molecule has 0 fully saturated rings. The number of H-pyrrole nitrogens is 1. The van der Waals surface area contributed by atoms with Gasteiger partial charge in [-0.05, 0) is 32.0 Å². The molecule has 0 spiro atoms. The number of benzene rings is 1. The van der Waals surface area contributed by atoms with Gasteiger partial charge in [0.2, 0.25) is 0 Å². The lowest BCUT2D eigenvalue weighted by Gasteiger charge is -2.13. The second-order valence-corrected chi connectivity index (χ2v) is 5.75. The van der Waals surface area contributed by atoms with Gasteiger partial charge in [-0.15, -0.1) is 0 Å².